The number of nitrogens with zero attached hydrogens (tertiary/aromatic N) is 3. The van der Waals surface area contributed by atoms with Gasteiger partial charge in [0.15, 0.2) is 4.34 Å². The quantitative estimate of drug-likeness (QED) is 0.360. The molecule has 160 valence electrons. The zero-order valence-electron chi connectivity index (χ0n) is 16.9. The SMILES string of the molecule is O=C(Cc1ccccc1)Nc1nnc(SC2CC3CN(Cc4ccccc4)C2C3Br)s1. The molecule has 0 spiro atoms. The van der Waals surface area contributed by atoms with E-state index in [1.54, 1.807) is 11.8 Å². The van der Waals surface area contributed by atoms with Crippen molar-refractivity contribution in [2.24, 2.45) is 5.92 Å². The van der Waals surface area contributed by atoms with E-state index in [-0.39, 0.29) is 5.91 Å². The minimum atomic E-state index is -0.0617. The van der Waals surface area contributed by atoms with E-state index in [1.807, 2.05) is 30.3 Å². The summed E-state index contributed by atoms with van der Waals surface area (Å²) in [6.07, 6.45) is 1.53. The maximum Gasteiger partial charge on any atom is 0.230 e. The number of nitrogens with one attached hydrogen (secondary N) is 1. The van der Waals surface area contributed by atoms with Crippen molar-refractivity contribution in [1.82, 2.24) is 15.1 Å². The largest absolute Gasteiger partial charge is 0.300 e. The summed E-state index contributed by atoms with van der Waals surface area (Å²) >= 11 is 7.24. The number of halogens is 1. The Morgan fingerprint density at radius 1 is 1.10 bits per heavy atom. The van der Waals surface area contributed by atoms with Crippen molar-refractivity contribution in [2.45, 2.75) is 39.8 Å². The van der Waals surface area contributed by atoms with Gasteiger partial charge in [-0.25, -0.2) is 0 Å². The van der Waals surface area contributed by atoms with E-state index in [4.69, 9.17) is 0 Å². The highest BCUT2D eigenvalue weighted by molar-refractivity contribution is 9.09. The number of amides is 1. The number of thioether (sulfide) groups is 1. The molecule has 4 atom stereocenters. The summed E-state index contributed by atoms with van der Waals surface area (Å²) in [7, 11) is 0. The monoisotopic (exact) mass is 514 g/mol. The lowest BCUT2D eigenvalue weighted by atomic mass is 10.1. The van der Waals surface area contributed by atoms with E-state index >= 15 is 0 Å². The summed E-state index contributed by atoms with van der Waals surface area (Å²) in [6.45, 7) is 2.13. The van der Waals surface area contributed by atoms with Crippen LogP contribution in [0.4, 0.5) is 5.13 Å². The third-order valence-electron chi connectivity index (χ3n) is 5.92. The Balaban J connectivity index is 1.19. The zero-order chi connectivity index (χ0) is 21.2. The fraction of sp³-hybridized carbons (Fsp3) is 0.348. The number of anilines is 1. The first-order valence-electron chi connectivity index (χ1n) is 10.4. The average molecular weight is 516 g/mol. The molecule has 1 aliphatic carbocycles. The second-order valence-corrected chi connectivity index (χ2v) is 11.6. The highest BCUT2D eigenvalue weighted by Crippen LogP contribution is 2.49. The molecular weight excluding hydrogens is 492 g/mol. The van der Waals surface area contributed by atoms with Crippen LogP contribution in [0.2, 0.25) is 0 Å². The number of piperidine rings is 1. The lowest BCUT2D eigenvalue weighted by Gasteiger charge is -2.32. The number of carbonyl (C=O) groups is 1. The van der Waals surface area contributed by atoms with Crippen molar-refractivity contribution >= 4 is 50.1 Å². The molecule has 1 saturated carbocycles. The van der Waals surface area contributed by atoms with Gasteiger partial charge in [-0.1, -0.05) is 99.7 Å². The van der Waals surface area contributed by atoms with Gasteiger partial charge >= 0.3 is 0 Å². The van der Waals surface area contributed by atoms with E-state index in [0.717, 1.165) is 23.0 Å². The summed E-state index contributed by atoms with van der Waals surface area (Å²) in [4.78, 5) is 15.4. The first-order valence-corrected chi connectivity index (χ1v) is 13.0. The fourth-order valence-corrected chi connectivity index (χ4v) is 8.33. The lowest BCUT2D eigenvalue weighted by molar-refractivity contribution is -0.115. The molecule has 5 rings (SSSR count). The van der Waals surface area contributed by atoms with Gasteiger partial charge in [0.25, 0.3) is 0 Å². The Morgan fingerprint density at radius 2 is 1.81 bits per heavy atom. The van der Waals surface area contributed by atoms with Gasteiger partial charge in [-0.05, 0) is 23.5 Å². The second kappa shape index (κ2) is 9.40. The number of hydrogen-bond donors (Lipinski definition) is 1. The minimum absolute atomic E-state index is 0.0617. The van der Waals surface area contributed by atoms with Crippen LogP contribution in [-0.2, 0) is 17.8 Å². The number of aromatic nitrogens is 2. The number of alkyl halides is 1. The topological polar surface area (TPSA) is 58.1 Å². The van der Waals surface area contributed by atoms with Gasteiger partial charge in [0, 0.05) is 29.2 Å². The molecule has 5 nitrogen and oxygen atoms in total. The summed E-state index contributed by atoms with van der Waals surface area (Å²) in [6, 6.07) is 20.9. The van der Waals surface area contributed by atoms with Crippen molar-refractivity contribution in [3.63, 3.8) is 0 Å². The van der Waals surface area contributed by atoms with Crippen LogP contribution in [0.5, 0.6) is 0 Å². The smallest absolute Gasteiger partial charge is 0.230 e. The molecule has 2 heterocycles. The molecule has 1 N–H and O–H groups in total. The molecule has 3 aromatic rings. The molecule has 2 fully saturated rings. The Bertz CT molecular complexity index is 1030. The molecule has 1 saturated heterocycles. The lowest BCUT2D eigenvalue weighted by Crippen LogP contribution is -2.40. The summed E-state index contributed by atoms with van der Waals surface area (Å²) in [5, 5.41) is 12.5. The number of carbonyl (C=O) groups excluding carboxylic acids is 1. The maximum atomic E-state index is 12.3. The number of benzene rings is 2. The molecule has 1 amide bonds. The van der Waals surface area contributed by atoms with Crippen molar-refractivity contribution in [2.75, 3.05) is 11.9 Å². The predicted octanol–water partition coefficient (Wildman–Crippen LogP) is 4.85. The number of fused-ring (bicyclic) bond motifs is 2. The van der Waals surface area contributed by atoms with Crippen LogP contribution in [0.1, 0.15) is 17.5 Å². The Kier molecular flexibility index (Phi) is 6.41. The molecule has 0 radical (unpaired) electrons. The molecule has 1 aliphatic heterocycles. The Morgan fingerprint density at radius 3 is 2.52 bits per heavy atom. The first kappa shape index (κ1) is 21.1. The summed E-state index contributed by atoms with van der Waals surface area (Å²) in [5.74, 6) is 0.609. The van der Waals surface area contributed by atoms with Gasteiger partial charge < -0.3 is 5.32 Å². The molecule has 8 heteroatoms. The third-order valence-corrected chi connectivity index (χ3v) is 9.44. The zero-order valence-corrected chi connectivity index (χ0v) is 20.1. The fourth-order valence-electron chi connectivity index (χ4n) is 4.57. The number of hydrogen-bond acceptors (Lipinski definition) is 6. The van der Waals surface area contributed by atoms with Crippen LogP contribution in [0, 0.1) is 5.92 Å². The van der Waals surface area contributed by atoms with Crippen LogP contribution in [-0.4, -0.2) is 43.7 Å². The highest BCUT2D eigenvalue weighted by atomic mass is 79.9. The van der Waals surface area contributed by atoms with E-state index in [1.165, 1.54) is 23.3 Å². The maximum absolute atomic E-state index is 12.3. The van der Waals surface area contributed by atoms with Gasteiger partial charge in [-0.3, -0.25) is 9.69 Å². The number of rotatable bonds is 7. The van der Waals surface area contributed by atoms with Crippen LogP contribution in [0.3, 0.4) is 0 Å². The van der Waals surface area contributed by atoms with Crippen LogP contribution >= 0.6 is 39.0 Å². The van der Waals surface area contributed by atoms with Gasteiger partial charge in [-0.15, -0.1) is 10.2 Å². The van der Waals surface area contributed by atoms with Crippen LogP contribution in [0.25, 0.3) is 0 Å². The van der Waals surface area contributed by atoms with Gasteiger partial charge in [0.1, 0.15) is 0 Å². The van der Waals surface area contributed by atoms with E-state index in [0.29, 0.717) is 33.6 Å². The van der Waals surface area contributed by atoms with E-state index in [2.05, 4.69) is 66.7 Å². The Hall–Kier alpha value is -1.74. The molecule has 2 aromatic carbocycles. The molecule has 4 unspecified atom stereocenters. The normalized spacial score (nSPS) is 25.1. The van der Waals surface area contributed by atoms with Crippen molar-refractivity contribution in [3.8, 4) is 0 Å². The van der Waals surface area contributed by atoms with Crippen molar-refractivity contribution < 1.29 is 4.79 Å². The average Bonchev–Trinajstić information content (AvgIpc) is 3.42. The highest BCUT2D eigenvalue weighted by Gasteiger charge is 2.51. The van der Waals surface area contributed by atoms with Crippen LogP contribution < -0.4 is 5.32 Å². The summed E-state index contributed by atoms with van der Waals surface area (Å²) < 4.78 is 0.923. The third kappa shape index (κ3) is 4.87. The number of likely N-dealkylation sites (tertiary alicyclic amines) is 1. The molecule has 31 heavy (non-hydrogen) atoms. The van der Waals surface area contributed by atoms with Gasteiger partial charge in [0.2, 0.25) is 11.0 Å². The van der Waals surface area contributed by atoms with Crippen molar-refractivity contribution in [3.05, 3.63) is 71.8 Å². The minimum Gasteiger partial charge on any atom is -0.300 e. The van der Waals surface area contributed by atoms with Gasteiger partial charge in [0.05, 0.1) is 6.42 Å². The first-order chi connectivity index (χ1) is 15.2. The molecule has 2 aliphatic rings. The predicted molar refractivity (Wildman–Crippen MR) is 130 cm³/mol. The van der Waals surface area contributed by atoms with E-state index < -0.39 is 0 Å². The van der Waals surface area contributed by atoms with Gasteiger partial charge in [-0.2, -0.15) is 0 Å². The standard InChI is InChI=1S/C23H23BrN4OS2/c24-20-17-12-18(21(20)28(14-17)13-16-9-5-2-6-10-16)30-23-27-26-22(31-23)25-19(29)11-15-7-3-1-4-8-15/h1-10,17-18,20-21H,11-14H2,(H,25,26,29). The molecule has 1 aromatic heterocycles. The van der Waals surface area contributed by atoms with E-state index in [9.17, 15) is 4.79 Å². The van der Waals surface area contributed by atoms with Crippen LogP contribution in [0.15, 0.2) is 65.0 Å². The second-order valence-electron chi connectivity index (χ2n) is 8.09. The molecule has 2 bridgehead atoms. The Labute approximate surface area is 198 Å². The molecular formula is C23H23BrN4OS2. The van der Waals surface area contributed by atoms with Crippen molar-refractivity contribution in [1.29, 1.82) is 0 Å². The summed E-state index contributed by atoms with van der Waals surface area (Å²) in [5.41, 5.74) is 2.35.